The predicted molar refractivity (Wildman–Crippen MR) is 143 cm³/mol. The van der Waals surface area contributed by atoms with Gasteiger partial charge in [0, 0.05) is 11.3 Å². The minimum absolute atomic E-state index is 0.0504. The van der Waals surface area contributed by atoms with Crippen molar-refractivity contribution in [3.8, 4) is 0 Å². The summed E-state index contributed by atoms with van der Waals surface area (Å²) in [6.07, 6.45) is 4.56. The number of sulfonamides is 1. The topological polar surface area (TPSA) is 131 Å². The van der Waals surface area contributed by atoms with Crippen molar-refractivity contribution < 1.29 is 31.9 Å². The van der Waals surface area contributed by atoms with Crippen LogP contribution in [0.1, 0.15) is 62.7 Å². The summed E-state index contributed by atoms with van der Waals surface area (Å²) >= 11 is 0. The van der Waals surface area contributed by atoms with E-state index >= 15 is 0 Å². The van der Waals surface area contributed by atoms with E-state index in [-0.39, 0.29) is 29.1 Å². The number of anilines is 1. The Hall–Kier alpha value is -3.31. The zero-order valence-electron chi connectivity index (χ0n) is 22.0. The van der Waals surface area contributed by atoms with Crippen molar-refractivity contribution in [2.24, 2.45) is 5.41 Å². The van der Waals surface area contributed by atoms with E-state index in [0.29, 0.717) is 12.8 Å². The second-order valence-corrected chi connectivity index (χ2v) is 12.2. The highest BCUT2D eigenvalue weighted by Crippen LogP contribution is 2.41. The maximum atomic E-state index is 14.0. The number of rotatable bonds is 10. The van der Waals surface area contributed by atoms with Crippen LogP contribution in [0.2, 0.25) is 0 Å². The van der Waals surface area contributed by atoms with Gasteiger partial charge in [-0.15, -0.1) is 0 Å². The van der Waals surface area contributed by atoms with Crippen LogP contribution in [0.4, 0.5) is 10.1 Å². The van der Waals surface area contributed by atoms with Gasteiger partial charge in [0.25, 0.3) is 15.9 Å². The number of hydrogen-bond donors (Lipinski definition) is 3. The lowest BCUT2D eigenvalue weighted by atomic mass is 9.81. The van der Waals surface area contributed by atoms with Gasteiger partial charge in [0.15, 0.2) is 5.78 Å². The third kappa shape index (κ3) is 6.83. The van der Waals surface area contributed by atoms with Gasteiger partial charge in [-0.3, -0.25) is 19.1 Å². The lowest BCUT2D eigenvalue weighted by Crippen LogP contribution is -2.54. The maximum Gasteiger partial charge on any atom is 0.264 e. The molecule has 4 rings (SSSR count). The smallest absolute Gasteiger partial charge is 0.264 e. The molecule has 1 saturated carbocycles. The molecule has 2 aliphatic rings. The van der Waals surface area contributed by atoms with Crippen LogP contribution in [0, 0.1) is 11.2 Å². The summed E-state index contributed by atoms with van der Waals surface area (Å²) < 4.78 is 46.9. The van der Waals surface area contributed by atoms with Crippen molar-refractivity contribution in [1.82, 2.24) is 10.6 Å². The Morgan fingerprint density at radius 1 is 1.10 bits per heavy atom. The van der Waals surface area contributed by atoms with Gasteiger partial charge in [-0.25, -0.2) is 12.8 Å². The van der Waals surface area contributed by atoms with Gasteiger partial charge in [-0.05, 0) is 67.5 Å². The van der Waals surface area contributed by atoms with E-state index < -0.39 is 50.7 Å². The van der Waals surface area contributed by atoms with E-state index in [1.165, 1.54) is 36.4 Å². The third-order valence-electron chi connectivity index (χ3n) is 7.51. The summed E-state index contributed by atoms with van der Waals surface area (Å²) in [4.78, 5) is 38.3. The van der Waals surface area contributed by atoms with Crippen molar-refractivity contribution in [2.75, 3.05) is 11.3 Å². The number of halogens is 1. The standard InChI is InChI=1S/C28H34FN3O6S/c1-3-23-25(22(33)17-38-23)31-27(35)21(16-28(2)14-6-7-15-28)30-26(34)18-10-12-19(13-11-18)32-39(36,37)24-9-5-4-8-20(24)29/h4-5,8-13,21,23,25,32H,3,6-7,14-17H2,1-2H3,(H,30,34)(H,31,35)/t21-,23-,25+/m0/s1. The Morgan fingerprint density at radius 3 is 2.41 bits per heavy atom. The zero-order chi connectivity index (χ0) is 28.2. The molecule has 2 amide bonds. The van der Waals surface area contributed by atoms with Crippen LogP contribution in [0.15, 0.2) is 53.4 Å². The second kappa shape index (κ2) is 11.8. The molecule has 1 aliphatic carbocycles. The Bertz CT molecular complexity index is 1330. The van der Waals surface area contributed by atoms with E-state index in [4.69, 9.17) is 4.74 Å². The minimum atomic E-state index is -4.17. The van der Waals surface area contributed by atoms with Gasteiger partial charge >= 0.3 is 0 Å². The van der Waals surface area contributed by atoms with Crippen molar-refractivity contribution in [3.63, 3.8) is 0 Å². The first kappa shape index (κ1) is 28.7. The molecule has 11 heteroatoms. The fraction of sp³-hybridized carbons (Fsp3) is 0.464. The van der Waals surface area contributed by atoms with Crippen LogP contribution in [0.3, 0.4) is 0 Å². The van der Waals surface area contributed by atoms with Gasteiger partial charge in [0.05, 0.1) is 6.10 Å². The average Bonchev–Trinajstić information content (AvgIpc) is 3.49. The molecule has 2 aromatic carbocycles. The number of amides is 2. The number of Topliss-reactive ketones (excluding diaryl/α,β-unsaturated/α-hetero) is 1. The van der Waals surface area contributed by atoms with Crippen molar-refractivity contribution in [1.29, 1.82) is 0 Å². The quantitative estimate of drug-likeness (QED) is 0.408. The van der Waals surface area contributed by atoms with Gasteiger partial charge < -0.3 is 15.4 Å². The molecule has 2 fully saturated rings. The third-order valence-corrected chi connectivity index (χ3v) is 8.93. The molecule has 1 aliphatic heterocycles. The van der Waals surface area contributed by atoms with E-state index in [1.54, 1.807) is 0 Å². The highest BCUT2D eigenvalue weighted by molar-refractivity contribution is 7.92. The SMILES string of the molecule is CC[C@@H]1OCC(=O)[C@H]1NC(=O)[C@H](CC1(C)CCCC1)NC(=O)c1ccc(NS(=O)(=O)c2ccccc2F)cc1. The first-order valence-corrected chi connectivity index (χ1v) is 14.6. The summed E-state index contributed by atoms with van der Waals surface area (Å²) in [7, 11) is -4.17. The first-order chi connectivity index (χ1) is 18.5. The number of nitrogens with one attached hydrogen (secondary N) is 3. The molecular formula is C28H34FN3O6S. The molecule has 2 aromatic rings. The summed E-state index contributed by atoms with van der Waals surface area (Å²) in [5, 5.41) is 5.61. The Kier molecular flexibility index (Phi) is 8.70. The molecule has 210 valence electrons. The van der Waals surface area contributed by atoms with Crippen LogP contribution >= 0.6 is 0 Å². The van der Waals surface area contributed by atoms with E-state index in [9.17, 15) is 27.2 Å². The fourth-order valence-electron chi connectivity index (χ4n) is 5.30. The highest BCUT2D eigenvalue weighted by atomic mass is 32.2. The number of ketones is 1. The minimum Gasteiger partial charge on any atom is -0.368 e. The summed E-state index contributed by atoms with van der Waals surface area (Å²) in [6.45, 7) is 3.92. The van der Waals surface area contributed by atoms with E-state index in [2.05, 4.69) is 22.3 Å². The normalized spacial score (nSPS) is 21.4. The molecule has 0 unspecified atom stereocenters. The lowest BCUT2D eigenvalue weighted by Gasteiger charge is -2.30. The molecule has 0 aromatic heterocycles. The summed E-state index contributed by atoms with van der Waals surface area (Å²) in [6, 6.07) is 9.02. The van der Waals surface area contributed by atoms with Gasteiger partial charge in [0.2, 0.25) is 5.91 Å². The van der Waals surface area contributed by atoms with Gasteiger partial charge in [-0.2, -0.15) is 0 Å². The van der Waals surface area contributed by atoms with Gasteiger partial charge in [-0.1, -0.05) is 38.8 Å². The van der Waals surface area contributed by atoms with E-state index in [0.717, 1.165) is 37.8 Å². The number of carbonyl (C=O) groups excluding carboxylic acids is 3. The van der Waals surface area contributed by atoms with Crippen LogP contribution in [0.25, 0.3) is 0 Å². The largest absolute Gasteiger partial charge is 0.368 e. The van der Waals surface area contributed by atoms with Crippen LogP contribution < -0.4 is 15.4 Å². The number of ether oxygens (including phenoxy) is 1. The molecule has 39 heavy (non-hydrogen) atoms. The van der Waals surface area contributed by atoms with Gasteiger partial charge in [0.1, 0.15) is 29.4 Å². The molecule has 0 spiro atoms. The number of hydrogen-bond acceptors (Lipinski definition) is 6. The monoisotopic (exact) mass is 559 g/mol. The average molecular weight is 560 g/mol. The van der Waals surface area contributed by atoms with Crippen LogP contribution in [0.5, 0.6) is 0 Å². The molecule has 1 saturated heterocycles. The van der Waals surface area contributed by atoms with Crippen LogP contribution in [-0.4, -0.2) is 50.8 Å². The van der Waals surface area contributed by atoms with Crippen LogP contribution in [-0.2, 0) is 24.3 Å². The first-order valence-electron chi connectivity index (χ1n) is 13.1. The Balaban J connectivity index is 1.47. The molecule has 0 radical (unpaired) electrons. The lowest BCUT2D eigenvalue weighted by molar-refractivity contribution is -0.128. The zero-order valence-corrected chi connectivity index (χ0v) is 22.9. The molecule has 1 heterocycles. The molecule has 3 atom stereocenters. The predicted octanol–water partition coefficient (Wildman–Crippen LogP) is 3.56. The fourth-order valence-corrected chi connectivity index (χ4v) is 6.44. The molecular weight excluding hydrogens is 525 g/mol. The maximum absolute atomic E-state index is 14.0. The second-order valence-electron chi connectivity index (χ2n) is 10.6. The van der Waals surface area contributed by atoms with Crippen molar-refractivity contribution in [2.45, 2.75) is 75.5 Å². The molecule has 0 bridgehead atoms. The Labute approximate surface area is 227 Å². The summed E-state index contributed by atoms with van der Waals surface area (Å²) in [5.74, 6) is -2.02. The molecule has 9 nitrogen and oxygen atoms in total. The Morgan fingerprint density at radius 2 is 1.77 bits per heavy atom. The van der Waals surface area contributed by atoms with Crippen molar-refractivity contribution in [3.05, 3.63) is 59.9 Å². The highest BCUT2D eigenvalue weighted by Gasteiger charge is 2.40. The number of carbonyl (C=O) groups is 3. The number of benzene rings is 2. The molecule has 3 N–H and O–H groups in total. The van der Waals surface area contributed by atoms with E-state index in [1.807, 2.05) is 6.92 Å². The summed E-state index contributed by atoms with van der Waals surface area (Å²) in [5.41, 5.74) is 0.239. The van der Waals surface area contributed by atoms with Crippen molar-refractivity contribution >= 4 is 33.3 Å².